The van der Waals surface area contributed by atoms with E-state index in [1.54, 1.807) is 0 Å². The summed E-state index contributed by atoms with van der Waals surface area (Å²) in [6.45, 7) is 4.03. The van der Waals surface area contributed by atoms with E-state index in [-0.39, 0.29) is 11.7 Å². The first-order chi connectivity index (χ1) is 7.04. The van der Waals surface area contributed by atoms with Crippen molar-refractivity contribution in [2.75, 3.05) is 5.32 Å². The van der Waals surface area contributed by atoms with Gasteiger partial charge in [0.15, 0.2) is 0 Å². The molecule has 0 spiro atoms. The van der Waals surface area contributed by atoms with Crippen molar-refractivity contribution in [2.45, 2.75) is 26.3 Å². The Balaban J connectivity index is 2.95. The molecule has 0 aliphatic rings. The van der Waals surface area contributed by atoms with Crippen molar-refractivity contribution in [3.8, 4) is 0 Å². The summed E-state index contributed by atoms with van der Waals surface area (Å²) in [5, 5.41) is 14.2. The first kappa shape index (κ1) is 11.8. The molecule has 1 unspecified atom stereocenters. The van der Waals surface area contributed by atoms with Crippen LogP contribution in [0.25, 0.3) is 0 Å². The fourth-order valence-electron chi connectivity index (χ4n) is 1.10. The van der Waals surface area contributed by atoms with Gasteiger partial charge in [-0.2, -0.15) is 0 Å². The van der Waals surface area contributed by atoms with E-state index in [0.717, 1.165) is 6.42 Å². The van der Waals surface area contributed by atoms with E-state index < -0.39 is 4.92 Å². The summed E-state index contributed by atoms with van der Waals surface area (Å²) in [5.74, 6) is 0. The summed E-state index contributed by atoms with van der Waals surface area (Å²) in [4.78, 5) is 10.1. The topological polar surface area (TPSA) is 55.2 Å². The summed E-state index contributed by atoms with van der Waals surface area (Å²) in [6, 6.07) is 4.62. The number of rotatable bonds is 4. The van der Waals surface area contributed by atoms with Crippen molar-refractivity contribution in [2.24, 2.45) is 0 Å². The molecule has 0 radical (unpaired) electrons. The van der Waals surface area contributed by atoms with Gasteiger partial charge in [0.25, 0.3) is 5.69 Å². The van der Waals surface area contributed by atoms with E-state index in [2.05, 4.69) is 5.32 Å². The second kappa shape index (κ2) is 4.98. The molecule has 0 heterocycles. The average molecular weight is 229 g/mol. The van der Waals surface area contributed by atoms with E-state index in [1.165, 1.54) is 18.2 Å². The van der Waals surface area contributed by atoms with Gasteiger partial charge in [0.1, 0.15) is 0 Å². The average Bonchev–Trinajstić information content (AvgIpc) is 2.20. The summed E-state index contributed by atoms with van der Waals surface area (Å²) in [6.07, 6.45) is 0.930. The first-order valence-electron chi connectivity index (χ1n) is 4.75. The number of nitro benzene ring substituents is 1. The third kappa shape index (κ3) is 3.09. The van der Waals surface area contributed by atoms with Crippen LogP contribution in [-0.4, -0.2) is 11.0 Å². The van der Waals surface area contributed by atoms with E-state index in [4.69, 9.17) is 11.6 Å². The van der Waals surface area contributed by atoms with Crippen LogP contribution in [0.1, 0.15) is 20.3 Å². The van der Waals surface area contributed by atoms with Crippen LogP contribution in [0.4, 0.5) is 11.4 Å². The van der Waals surface area contributed by atoms with Crippen molar-refractivity contribution in [3.63, 3.8) is 0 Å². The number of nitrogens with one attached hydrogen (secondary N) is 1. The van der Waals surface area contributed by atoms with Gasteiger partial charge < -0.3 is 5.32 Å². The van der Waals surface area contributed by atoms with Crippen molar-refractivity contribution in [3.05, 3.63) is 33.3 Å². The Labute approximate surface area is 93.4 Å². The summed E-state index contributed by atoms with van der Waals surface area (Å²) in [7, 11) is 0. The predicted octanol–water partition coefficient (Wildman–Crippen LogP) is 3.46. The lowest BCUT2D eigenvalue weighted by molar-refractivity contribution is -0.384. The van der Waals surface area contributed by atoms with Gasteiger partial charge in [0, 0.05) is 18.2 Å². The Bertz CT molecular complexity index is 368. The minimum Gasteiger partial charge on any atom is -0.381 e. The Morgan fingerprint density at radius 3 is 2.80 bits per heavy atom. The molecule has 0 aliphatic heterocycles. The molecule has 0 aromatic heterocycles. The normalized spacial score (nSPS) is 12.2. The fraction of sp³-hybridized carbons (Fsp3) is 0.400. The lowest BCUT2D eigenvalue weighted by Crippen LogP contribution is -2.13. The highest BCUT2D eigenvalue weighted by Crippen LogP contribution is 2.27. The number of benzene rings is 1. The summed E-state index contributed by atoms with van der Waals surface area (Å²) >= 11 is 5.92. The van der Waals surface area contributed by atoms with Gasteiger partial charge in [-0.3, -0.25) is 10.1 Å². The molecule has 0 fully saturated rings. The third-order valence-electron chi connectivity index (χ3n) is 2.18. The van der Waals surface area contributed by atoms with Crippen LogP contribution >= 0.6 is 11.6 Å². The van der Waals surface area contributed by atoms with Crippen LogP contribution in [0.3, 0.4) is 0 Å². The number of non-ortho nitro benzene ring substituents is 1. The second-order valence-corrected chi connectivity index (χ2v) is 3.78. The smallest absolute Gasteiger partial charge is 0.271 e. The molecule has 1 aromatic rings. The van der Waals surface area contributed by atoms with Crippen LogP contribution in [0.15, 0.2) is 18.2 Å². The van der Waals surface area contributed by atoms with Crippen LogP contribution in [-0.2, 0) is 0 Å². The lowest BCUT2D eigenvalue weighted by Gasteiger charge is -2.13. The largest absolute Gasteiger partial charge is 0.381 e. The van der Waals surface area contributed by atoms with Crippen LogP contribution in [0.5, 0.6) is 0 Å². The highest BCUT2D eigenvalue weighted by molar-refractivity contribution is 6.33. The van der Waals surface area contributed by atoms with E-state index >= 15 is 0 Å². The van der Waals surface area contributed by atoms with Gasteiger partial charge in [0.05, 0.1) is 15.6 Å². The molecule has 5 heteroatoms. The van der Waals surface area contributed by atoms with Crippen molar-refractivity contribution in [1.29, 1.82) is 0 Å². The van der Waals surface area contributed by atoms with Crippen molar-refractivity contribution in [1.82, 2.24) is 0 Å². The van der Waals surface area contributed by atoms with Gasteiger partial charge >= 0.3 is 0 Å². The van der Waals surface area contributed by atoms with Gasteiger partial charge in [-0.1, -0.05) is 18.5 Å². The molecule has 15 heavy (non-hydrogen) atoms. The minimum atomic E-state index is -0.432. The highest BCUT2D eigenvalue weighted by Gasteiger charge is 2.10. The quantitative estimate of drug-likeness (QED) is 0.634. The SMILES string of the molecule is CCC(C)Nc1cc([N+](=O)[O-])ccc1Cl. The highest BCUT2D eigenvalue weighted by atomic mass is 35.5. The van der Waals surface area contributed by atoms with Gasteiger partial charge in [-0.05, 0) is 19.4 Å². The van der Waals surface area contributed by atoms with Crippen molar-refractivity contribution >= 4 is 23.0 Å². The van der Waals surface area contributed by atoms with Gasteiger partial charge in [0.2, 0.25) is 0 Å². The zero-order valence-electron chi connectivity index (χ0n) is 8.66. The molecule has 4 nitrogen and oxygen atoms in total. The summed E-state index contributed by atoms with van der Waals surface area (Å²) < 4.78 is 0. The molecule has 1 aromatic carbocycles. The Morgan fingerprint density at radius 1 is 1.60 bits per heavy atom. The molecular formula is C10H13ClN2O2. The molecule has 0 bridgehead atoms. The Hall–Kier alpha value is -1.29. The maximum absolute atomic E-state index is 10.6. The number of nitrogens with zero attached hydrogens (tertiary/aromatic N) is 1. The molecule has 0 saturated carbocycles. The fourth-order valence-corrected chi connectivity index (χ4v) is 1.28. The number of hydrogen-bond acceptors (Lipinski definition) is 3. The van der Waals surface area contributed by atoms with Gasteiger partial charge in [-0.25, -0.2) is 0 Å². The molecule has 1 N–H and O–H groups in total. The Kier molecular flexibility index (Phi) is 3.91. The van der Waals surface area contributed by atoms with E-state index in [0.29, 0.717) is 10.7 Å². The maximum Gasteiger partial charge on any atom is 0.271 e. The number of nitro groups is 1. The zero-order valence-corrected chi connectivity index (χ0v) is 9.41. The van der Waals surface area contributed by atoms with E-state index in [9.17, 15) is 10.1 Å². The number of halogens is 1. The molecule has 0 amide bonds. The van der Waals surface area contributed by atoms with Crippen molar-refractivity contribution < 1.29 is 4.92 Å². The predicted molar refractivity (Wildman–Crippen MR) is 61.5 cm³/mol. The lowest BCUT2D eigenvalue weighted by atomic mass is 10.2. The van der Waals surface area contributed by atoms with Crippen LogP contribution < -0.4 is 5.32 Å². The molecule has 1 rings (SSSR count). The molecule has 0 saturated heterocycles. The van der Waals surface area contributed by atoms with Crippen LogP contribution in [0, 0.1) is 10.1 Å². The molecular weight excluding hydrogens is 216 g/mol. The summed E-state index contributed by atoms with van der Waals surface area (Å²) in [5.41, 5.74) is 0.658. The maximum atomic E-state index is 10.6. The first-order valence-corrected chi connectivity index (χ1v) is 5.13. The Morgan fingerprint density at radius 2 is 2.27 bits per heavy atom. The molecule has 1 atom stereocenters. The minimum absolute atomic E-state index is 0.0465. The monoisotopic (exact) mass is 228 g/mol. The third-order valence-corrected chi connectivity index (χ3v) is 2.50. The van der Waals surface area contributed by atoms with E-state index in [1.807, 2.05) is 13.8 Å². The van der Waals surface area contributed by atoms with Crippen LogP contribution in [0.2, 0.25) is 5.02 Å². The zero-order chi connectivity index (χ0) is 11.4. The standard InChI is InChI=1S/C10H13ClN2O2/c1-3-7(2)12-10-6-8(13(14)15)4-5-9(10)11/h4-7,12H,3H2,1-2H3. The number of anilines is 1. The van der Waals surface area contributed by atoms with Gasteiger partial charge in [-0.15, -0.1) is 0 Å². The second-order valence-electron chi connectivity index (χ2n) is 3.37. The number of hydrogen-bond donors (Lipinski definition) is 1. The molecule has 82 valence electrons. The molecule has 0 aliphatic carbocycles.